The van der Waals surface area contributed by atoms with Crippen LogP contribution in [0.15, 0.2) is 0 Å². The first kappa shape index (κ1) is 27.0. The van der Waals surface area contributed by atoms with E-state index in [4.69, 9.17) is 0 Å². The van der Waals surface area contributed by atoms with Crippen molar-refractivity contribution >= 4 is 0 Å². The van der Waals surface area contributed by atoms with Crippen LogP contribution in [-0.4, -0.2) is 0 Å². The second-order valence-corrected chi connectivity index (χ2v) is 11.2. The Bertz CT molecular complexity index is 318. The third-order valence-electron chi connectivity index (χ3n) is 7.93. The van der Waals surface area contributed by atoms with Crippen molar-refractivity contribution in [3.63, 3.8) is 0 Å². The van der Waals surface area contributed by atoms with Crippen molar-refractivity contribution in [2.75, 3.05) is 0 Å². The fourth-order valence-electron chi connectivity index (χ4n) is 5.75. The molecule has 0 amide bonds. The lowest BCUT2D eigenvalue weighted by Crippen LogP contribution is -2.28. The summed E-state index contributed by atoms with van der Waals surface area (Å²) in [4.78, 5) is 0. The second-order valence-electron chi connectivity index (χ2n) is 11.2. The van der Waals surface area contributed by atoms with Crippen LogP contribution >= 0.6 is 0 Å². The quantitative estimate of drug-likeness (QED) is 0.187. The number of rotatable bonds is 19. The molecule has 0 spiro atoms. The molecule has 1 saturated carbocycles. The monoisotopic (exact) mass is 406 g/mol. The van der Waals surface area contributed by atoms with Gasteiger partial charge in [0.25, 0.3) is 0 Å². The van der Waals surface area contributed by atoms with Crippen LogP contribution in [-0.2, 0) is 0 Å². The zero-order valence-electron chi connectivity index (χ0n) is 21.2. The lowest BCUT2D eigenvalue weighted by molar-refractivity contribution is 0.111. The maximum atomic E-state index is 2.36. The molecule has 0 radical (unpaired) electrons. The average molecular weight is 407 g/mol. The molecular formula is C29H58. The van der Waals surface area contributed by atoms with Crippen molar-refractivity contribution in [1.29, 1.82) is 0 Å². The zero-order chi connectivity index (χ0) is 21.2. The van der Waals surface area contributed by atoms with Gasteiger partial charge >= 0.3 is 0 Å². The van der Waals surface area contributed by atoms with Gasteiger partial charge in [-0.25, -0.2) is 0 Å². The van der Waals surface area contributed by atoms with Crippen molar-refractivity contribution in [3.05, 3.63) is 0 Å². The summed E-state index contributed by atoms with van der Waals surface area (Å²) < 4.78 is 0. The Hall–Kier alpha value is 0. The molecule has 0 aromatic rings. The van der Waals surface area contributed by atoms with Crippen LogP contribution in [0.1, 0.15) is 169 Å². The topological polar surface area (TPSA) is 0 Å². The lowest BCUT2D eigenvalue weighted by Gasteiger charge is -2.41. The van der Waals surface area contributed by atoms with E-state index in [1.54, 1.807) is 38.5 Å². The second kappa shape index (κ2) is 17.7. The van der Waals surface area contributed by atoms with Crippen LogP contribution in [0.5, 0.6) is 0 Å². The average Bonchev–Trinajstić information content (AvgIpc) is 2.71. The Kier molecular flexibility index (Phi) is 16.5. The Morgan fingerprint density at radius 1 is 0.621 bits per heavy atom. The van der Waals surface area contributed by atoms with Gasteiger partial charge in [-0.2, -0.15) is 0 Å². The third kappa shape index (κ3) is 13.8. The molecule has 0 atom stereocenters. The number of unbranched alkanes of at least 4 members (excludes halogenated alkanes) is 11. The van der Waals surface area contributed by atoms with Gasteiger partial charge < -0.3 is 0 Å². The molecule has 0 N–H and O–H groups in total. The van der Waals surface area contributed by atoms with E-state index in [2.05, 4.69) is 27.7 Å². The highest BCUT2D eigenvalue weighted by Gasteiger charge is 2.33. The van der Waals surface area contributed by atoms with Gasteiger partial charge in [-0.15, -0.1) is 0 Å². The highest BCUT2D eigenvalue weighted by atomic mass is 14.4. The Labute approximate surface area is 186 Å². The van der Waals surface area contributed by atoms with Gasteiger partial charge in [0.15, 0.2) is 0 Å². The van der Waals surface area contributed by atoms with Gasteiger partial charge in [-0.1, -0.05) is 130 Å². The van der Waals surface area contributed by atoms with E-state index >= 15 is 0 Å². The highest BCUT2D eigenvalue weighted by Crippen LogP contribution is 2.47. The fraction of sp³-hybridized carbons (Fsp3) is 1.00. The zero-order valence-corrected chi connectivity index (χ0v) is 21.2. The van der Waals surface area contributed by atoms with E-state index < -0.39 is 0 Å². The molecule has 0 saturated heterocycles. The van der Waals surface area contributed by atoms with E-state index in [-0.39, 0.29) is 0 Å². The van der Waals surface area contributed by atoms with Gasteiger partial charge in [0, 0.05) is 0 Å². The predicted molar refractivity (Wildman–Crippen MR) is 134 cm³/mol. The van der Waals surface area contributed by atoms with E-state index in [9.17, 15) is 0 Å². The SMILES string of the molecule is CCCCCCCC1(CCCCCCC)CCC(CCCCCCC(C)C)CC1. The molecule has 0 aliphatic heterocycles. The summed E-state index contributed by atoms with van der Waals surface area (Å²) in [5.74, 6) is 1.96. The van der Waals surface area contributed by atoms with Crippen LogP contribution in [0, 0.1) is 17.3 Å². The standard InChI is InChI=1S/C29H58/c1-5-7-9-13-17-23-29(24-18-14-10-8-6-2)25-21-28(22-26-29)20-16-12-11-15-19-27(3)4/h27-28H,5-26H2,1-4H3. The number of hydrogen-bond donors (Lipinski definition) is 0. The van der Waals surface area contributed by atoms with Gasteiger partial charge in [0.1, 0.15) is 0 Å². The van der Waals surface area contributed by atoms with E-state index in [0.717, 1.165) is 17.3 Å². The summed E-state index contributed by atoms with van der Waals surface area (Å²) in [6, 6.07) is 0. The van der Waals surface area contributed by atoms with Crippen molar-refractivity contribution < 1.29 is 0 Å². The third-order valence-corrected chi connectivity index (χ3v) is 7.93. The molecule has 0 heteroatoms. The van der Waals surface area contributed by atoms with E-state index in [0.29, 0.717) is 0 Å². The smallest absolute Gasteiger partial charge is 0.0297 e. The van der Waals surface area contributed by atoms with Crippen LogP contribution in [0.25, 0.3) is 0 Å². The fourth-order valence-corrected chi connectivity index (χ4v) is 5.75. The van der Waals surface area contributed by atoms with Gasteiger partial charge in [-0.3, -0.25) is 0 Å². The summed E-state index contributed by atoms with van der Waals surface area (Å²) in [6.07, 6.45) is 32.8. The minimum Gasteiger partial charge on any atom is -0.0654 e. The Morgan fingerprint density at radius 3 is 1.62 bits per heavy atom. The summed E-state index contributed by atoms with van der Waals surface area (Å²) in [7, 11) is 0. The highest BCUT2D eigenvalue weighted by molar-refractivity contribution is 4.86. The molecule has 0 aromatic carbocycles. The van der Waals surface area contributed by atoms with E-state index in [1.165, 1.54) is 103 Å². The van der Waals surface area contributed by atoms with Crippen LogP contribution in [0.3, 0.4) is 0 Å². The van der Waals surface area contributed by atoms with Crippen LogP contribution in [0.4, 0.5) is 0 Å². The molecule has 0 bridgehead atoms. The van der Waals surface area contributed by atoms with Gasteiger partial charge in [0.05, 0.1) is 0 Å². The molecule has 0 nitrogen and oxygen atoms in total. The van der Waals surface area contributed by atoms with Gasteiger partial charge in [-0.05, 0) is 55.8 Å². The first-order valence-corrected chi connectivity index (χ1v) is 14.1. The summed E-state index contributed by atoms with van der Waals surface area (Å²) >= 11 is 0. The molecule has 1 rings (SSSR count). The van der Waals surface area contributed by atoms with Crippen LogP contribution < -0.4 is 0 Å². The molecule has 1 fully saturated rings. The number of hydrogen-bond acceptors (Lipinski definition) is 0. The Balaban J connectivity index is 2.28. The van der Waals surface area contributed by atoms with Crippen molar-refractivity contribution in [3.8, 4) is 0 Å². The summed E-state index contributed by atoms with van der Waals surface area (Å²) in [6.45, 7) is 9.40. The van der Waals surface area contributed by atoms with Crippen molar-refractivity contribution in [2.45, 2.75) is 169 Å². The minimum absolute atomic E-state index is 0.742. The molecule has 0 heterocycles. The van der Waals surface area contributed by atoms with E-state index in [1.807, 2.05) is 0 Å². The van der Waals surface area contributed by atoms with Crippen LogP contribution in [0.2, 0.25) is 0 Å². The molecule has 174 valence electrons. The molecule has 1 aliphatic rings. The normalized spacial score (nSPS) is 17.3. The molecular weight excluding hydrogens is 348 g/mol. The molecule has 29 heavy (non-hydrogen) atoms. The summed E-state index contributed by atoms with van der Waals surface area (Å²) in [5.41, 5.74) is 0.742. The first-order chi connectivity index (χ1) is 14.1. The maximum absolute atomic E-state index is 2.36. The lowest BCUT2D eigenvalue weighted by atomic mass is 9.64. The largest absolute Gasteiger partial charge is 0.0654 e. The minimum atomic E-state index is 0.742. The van der Waals surface area contributed by atoms with Crippen molar-refractivity contribution in [1.82, 2.24) is 0 Å². The molecule has 0 aromatic heterocycles. The molecule has 0 unspecified atom stereocenters. The van der Waals surface area contributed by atoms with Crippen molar-refractivity contribution in [2.24, 2.45) is 17.3 Å². The first-order valence-electron chi connectivity index (χ1n) is 14.1. The maximum Gasteiger partial charge on any atom is -0.0297 e. The molecule has 1 aliphatic carbocycles. The van der Waals surface area contributed by atoms with Gasteiger partial charge in [0.2, 0.25) is 0 Å². The Morgan fingerprint density at radius 2 is 1.10 bits per heavy atom. The summed E-state index contributed by atoms with van der Waals surface area (Å²) in [5, 5.41) is 0. The predicted octanol–water partition coefficient (Wildman–Crippen LogP) is 10.9.